The lowest BCUT2D eigenvalue weighted by atomic mass is 10.1. The minimum atomic E-state index is -0.168. The van der Waals surface area contributed by atoms with Crippen LogP contribution in [0.4, 0.5) is 0 Å². The molecular formula is C16H21N3O2. The smallest absolute Gasteiger partial charge is 0.258 e. The van der Waals surface area contributed by atoms with Crippen LogP contribution in [-0.4, -0.2) is 22.3 Å². The molecule has 0 saturated heterocycles. The average molecular weight is 287 g/mol. The first kappa shape index (κ1) is 15.1. The van der Waals surface area contributed by atoms with Gasteiger partial charge in [-0.2, -0.15) is 0 Å². The second-order valence-electron chi connectivity index (χ2n) is 4.80. The Morgan fingerprint density at radius 1 is 1.29 bits per heavy atom. The lowest BCUT2D eigenvalue weighted by Crippen LogP contribution is -2.23. The third-order valence-corrected chi connectivity index (χ3v) is 3.15. The molecule has 0 aliphatic heterocycles. The maximum absolute atomic E-state index is 12.3. The maximum atomic E-state index is 12.3. The van der Waals surface area contributed by atoms with Gasteiger partial charge in [0.2, 0.25) is 5.88 Å². The van der Waals surface area contributed by atoms with E-state index in [0.717, 1.165) is 5.56 Å². The van der Waals surface area contributed by atoms with Crippen molar-refractivity contribution >= 4 is 5.91 Å². The summed E-state index contributed by atoms with van der Waals surface area (Å²) in [4.78, 5) is 12.3. The zero-order chi connectivity index (χ0) is 15.2. The van der Waals surface area contributed by atoms with Crippen LogP contribution in [-0.2, 0) is 13.1 Å². The molecule has 2 rings (SSSR count). The van der Waals surface area contributed by atoms with Gasteiger partial charge in [-0.25, -0.2) is 0 Å². The van der Waals surface area contributed by atoms with Crippen LogP contribution in [0.2, 0.25) is 0 Å². The molecule has 5 heteroatoms. The number of carbonyl (C=O) groups is 1. The molecule has 112 valence electrons. The number of carbonyl (C=O) groups excluding carboxylic acids is 1. The van der Waals surface area contributed by atoms with E-state index in [1.807, 2.05) is 45.0 Å². The molecule has 0 aliphatic carbocycles. The number of aromatic nitrogens is 2. The molecule has 0 aliphatic rings. The number of hydrogen-bond donors (Lipinski definition) is 1. The standard InChI is InChI=1S/C16H21N3O2/c1-4-19-11-14(16(18-19)21-5-2)15(20)17-10-13-8-6-12(3)7-9-13/h6-9,11H,4-5,10H2,1-3H3,(H,17,20). The highest BCUT2D eigenvalue weighted by Gasteiger charge is 2.17. The zero-order valence-electron chi connectivity index (χ0n) is 12.7. The van der Waals surface area contributed by atoms with Gasteiger partial charge in [0.1, 0.15) is 5.56 Å². The molecule has 1 amide bonds. The fourth-order valence-corrected chi connectivity index (χ4v) is 1.95. The van der Waals surface area contributed by atoms with E-state index < -0.39 is 0 Å². The molecule has 2 aromatic rings. The average Bonchev–Trinajstić information content (AvgIpc) is 2.90. The largest absolute Gasteiger partial charge is 0.476 e. The van der Waals surface area contributed by atoms with Crippen LogP contribution in [0, 0.1) is 6.92 Å². The molecule has 0 saturated carbocycles. The van der Waals surface area contributed by atoms with Crippen LogP contribution in [0.15, 0.2) is 30.5 Å². The van der Waals surface area contributed by atoms with E-state index in [0.29, 0.717) is 31.1 Å². The molecule has 0 bridgehead atoms. The molecule has 0 spiro atoms. The lowest BCUT2D eigenvalue weighted by molar-refractivity contribution is 0.0947. The van der Waals surface area contributed by atoms with E-state index in [9.17, 15) is 4.79 Å². The second kappa shape index (κ2) is 6.92. The number of nitrogens with one attached hydrogen (secondary N) is 1. The Labute approximate surface area is 124 Å². The van der Waals surface area contributed by atoms with Crippen LogP contribution in [0.5, 0.6) is 5.88 Å². The van der Waals surface area contributed by atoms with Crippen molar-refractivity contribution in [3.63, 3.8) is 0 Å². The molecule has 0 unspecified atom stereocenters. The number of benzene rings is 1. The first-order chi connectivity index (χ1) is 10.1. The van der Waals surface area contributed by atoms with Crippen molar-refractivity contribution in [2.24, 2.45) is 0 Å². The number of hydrogen-bond acceptors (Lipinski definition) is 3. The summed E-state index contributed by atoms with van der Waals surface area (Å²) < 4.78 is 7.12. The molecule has 0 atom stereocenters. The van der Waals surface area contributed by atoms with Crippen LogP contribution in [0.1, 0.15) is 35.3 Å². The Balaban J connectivity index is 2.05. The Morgan fingerprint density at radius 2 is 2.00 bits per heavy atom. The number of aryl methyl sites for hydroxylation is 2. The third-order valence-electron chi connectivity index (χ3n) is 3.15. The highest BCUT2D eigenvalue weighted by molar-refractivity contribution is 5.96. The van der Waals surface area contributed by atoms with Gasteiger partial charge in [-0.05, 0) is 26.3 Å². The Morgan fingerprint density at radius 3 is 2.62 bits per heavy atom. The number of nitrogens with zero attached hydrogens (tertiary/aromatic N) is 2. The summed E-state index contributed by atoms with van der Waals surface area (Å²) in [6.45, 7) is 7.55. The van der Waals surface area contributed by atoms with Crippen molar-refractivity contribution in [3.05, 3.63) is 47.2 Å². The van der Waals surface area contributed by atoms with Crippen molar-refractivity contribution in [1.82, 2.24) is 15.1 Å². The van der Waals surface area contributed by atoms with Gasteiger partial charge >= 0.3 is 0 Å². The van der Waals surface area contributed by atoms with Crippen molar-refractivity contribution in [1.29, 1.82) is 0 Å². The van der Waals surface area contributed by atoms with Gasteiger partial charge in [0.05, 0.1) is 6.61 Å². The van der Waals surface area contributed by atoms with Gasteiger partial charge in [-0.1, -0.05) is 29.8 Å². The molecule has 1 aromatic heterocycles. The van der Waals surface area contributed by atoms with E-state index in [-0.39, 0.29) is 5.91 Å². The Hall–Kier alpha value is -2.30. The third kappa shape index (κ3) is 3.84. The molecular weight excluding hydrogens is 266 g/mol. The van der Waals surface area contributed by atoms with Crippen molar-refractivity contribution in [3.8, 4) is 5.88 Å². The second-order valence-corrected chi connectivity index (χ2v) is 4.80. The zero-order valence-corrected chi connectivity index (χ0v) is 12.7. The summed E-state index contributed by atoms with van der Waals surface area (Å²) in [6.07, 6.45) is 1.72. The molecule has 5 nitrogen and oxygen atoms in total. The fourth-order valence-electron chi connectivity index (χ4n) is 1.95. The summed E-state index contributed by atoms with van der Waals surface area (Å²) >= 11 is 0. The van der Waals surface area contributed by atoms with Gasteiger partial charge in [-0.3, -0.25) is 9.48 Å². The minimum absolute atomic E-state index is 0.168. The van der Waals surface area contributed by atoms with E-state index >= 15 is 0 Å². The minimum Gasteiger partial charge on any atom is -0.476 e. The van der Waals surface area contributed by atoms with Crippen LogP contribution >= 0.6 is 0 Å². The summed E-state index contributed by atoms with van der Waals surface area (Å²) in [5.74, 6) is 0.222. The van der Waals surface area contributed by atoms with E-state index in [1.165, 1.54) is 5.56 Å². The van der Waals surface area contributed by atoms with E-state index in [2.05, 4.69) is 10.4 Å². The summed E-state index contributed by atoms with van der Waals surface area (Å²) in [6, 6.07) is 8.08. The SMILES string of the molecule is CCOc1nn(CC)cc1C(=O)NCc1ccc(C)cc1. The van der Waals surface area contributed by atoms with Gasteiger partial charge < -0.3 is 10.1 Å². The van der Waals surface area contributed by atoms with Crippen LogP contribution in [0.25, 0.3) is 0 Å². The Kier molecular flexibility index (Phi) is 4.98. The predicted octanol–water partition coefficient (Wildman–Crippen LogP) is 2.54. The van der Waals surface area contributed by atoms with E-state index in [1.54, 1.807) is 10.9 Å². The van der Waals surface area contributed by atoms with Gasteiger partial charge in [0.15, 0.2) is 0 Å². The number of ether oxygens (including phenoxy) is 1. The quantitative estimate of drug-likeness (QED) is 0.888. The van der Waals surface area contributed by atoms with E-state index in [4.69, 9.17) is 4.74 Å². The molecule has 0 radical (unpaired) electrons. The topological polar surface area (TPSA) is 56.2 Å². The van der Waals surface area contributed by atoms with Crippen molar-refractivity contribution < 1.29 is 9.53 Å². The first-order valence-corrected chi connectivity index (χ1v) is 7.18. The molecule has 21 heavy (non-hydrogen) atoms. The fraction of sp³-hybridized carbons (Fsp3) is 0.375. The van der Waals surface area contributed by atoms with Gasteiger partial charge in [0, 0.05) is 19.3 Å². The van der Waals surface area contributed by atoms with Crippen molar-refractivity contribution in [2.45, 2.75) is 33.9 Å². The normalized spacial score (nSPS) is 10.4. The Bertz CT molecular complexity index is 602. The number of amides is 1. The molecule has 0 fully saturated rings. The highest BCUT2D eigenvalue weighted by Crippen LogP contribution is 2.16. The van der Waals surface area contributed by atoms with Gasteiger partial charge in [-0.15, -0.1) is 5.10 Å². The lowest BCUT2D eigenvalue weighted by Gasteiger charge is -2.06. The predicted molar refractivity (Wildman–Crippen MR) is 81.4 cm³/mol. The summed E-state index contributed by atoms with van der Waals surface area (Å²) in [5, 5.41) is 7.14. The number of rotatable bonds is 6. The van der Waals surface area contributed by atoms with Gasteiger partial charge in [0.25, 0.3) is 5.91 Å². The summed E-state index contributed by atoms with van der Waals surface area (Å²) in [7, 11) is 0. The van der Waals surface area contributed by atoms with Crippen molar-refractivity contribution in [2.75, 3.05) is 6.61 Å². The first-order valence-electron chi connectivity index (χ1n) is 7.18. The molecule has 1 heterocycles. The monoisotopic (exact) mass is 287 g/mol. The molecule has 1 aromatic carbocycles. The summed E-state index contributed by atoms with van der Waals surface area (Å²) in [5.41, 5.74) is 2.74. The maximum Gasteiger partial charge on any atom is 0.258 e. The van der Waals surface area contributed by atoms with Crippen LogP contribution < -0.4 is 10.1 Å². The highest BCUT2D eigenvalue weighted by atomic mass is 16.5. The molecule has 1 N–H and O–H groups in total. The van der Waals surface area contributed by atoms with Crippen LogP contribution in [0.3, 0.4) is 0 Å².